The molecule has 6 heteroatoms. The summed E-state index contributed by atoms with van der Waals surface area (Å²) in [5.41, 5.74) is 1.14. The van der Waals surface area contributed by atoms with E-state index < -0.39 is 10.0 Å². The van der Waals surface area contributed by atoms with Gasteiger partial charge >= 0.3 is 0 Å². The van der Waals surface area contributed by atoms with Crippen molar-refractivity contribution in [1.29, 1.82) is 0 Å². The molecule has 1 aliphatic rings. The Kier molecular flexibility index (Phi) is 5.38. The number of benzene rings is 1. The van der Waals surface area contributed by atoms with Crippen molar-refractivity contribution in [3.05, 3.63) is 23.8 Å². The summed E-state index contributed by atoms with van der Waals surface area (Å²) in [6, 6.07) is 5.27. The van der Waals surface area contributed by atoms with Crippen LogP contribution >= 0.6 is 0 Å². The van der Waals surface area contributed by atoms with Crippen molar-refractivity contribution in [2.75, 3.05) is 39.8 Å². The van der Waals surface area contributed by atoms with Crippen LogP contribution in [-0.4, -0.2) is 57.5 Å². The summed E-state index contributed by atoms with van der Waals surface area (Å²) in [7, 11) is -2.01. The van der Waals surface area contributed by atoms with Crippen LogP contribution in [0.25, 0.3) is 0 Å². The fourth-order valence-corrected chi connectivity index (χ4v) is 4.59. The molecule has 0 unspecified atom stereocenters. The molecule has 1 aromatic rings. The van der Waals surface area contributed by atoms with Gasteiger partial charge in [0.15, 0.2) is 0 Å². The first kappa shape index (κ1) is 18.2. The second-order valence-corrected chi connectivity index (χ2v) is 9.30. The Hall–Kier alpha value is -1.11. The number of hydrogen-bond acceptors (Lipinski definition) is 4. The predicted molar refractivity (Wildman–Crippen MR) is 92.4 cm³/mol. The minimum Gasteiger partial charge on any atom is -0.495 e. The first-order valence-electron chi connectivity index (χ1n) is 8.01. The van der Waals surface area contributed by atoms with Crippen molar-refractivity contribution in [3.8, 4) is 5.75 Å². The standard InChI is InChI=1S/C17H28N2O3S/c1-14-6-7-15(22-5)16(12-14)23(20,21)19-10-8-18(9-11-19)13-17(2,3)4/h6-7,12H,8-11,13H2,1-5H3. The van der Waals surface area contributed by atoms with E-state index in [1.807, 2.05) is 13.0 Å². The second kappa shape index (κ2) is 6.79. The summed E-state index contributed by atoms with van der Waals surface area (Å²) in [5, 5.41) is 0. The molecule has 0 bridgehead atoms. The number of rotatable bonds is 4. The molecule has 0 spiro atoms. The Balaban J connectivity index is 2.15. The van der Waals surface area contributed by atoms with Crippen LogP contribution in [0.3, 0.4) is 0 Å². The maximum absolute atomic E-state index is 12.9. The molecule has 23 heavy (non-hydrogen) atoms. The Bertz CT molecular complexity index is 642. The zero-order valence-electron chi connectivity index (χ0n) is 14.8. The molecule has 2 rings (SSSR count). The summed E-state index contributed by atoms with van der Waals surface area (Å²) in [5.74, 6) is 0.410. The second-order valence-electron chi connectivity index (χ2n) is 7.40. The molecule has 130 valence electrons. The van der Waals surface area contributed by atoms with E-state index in [4.69, 9.17) is 4.74 Å². The lowest BCUT2D eigenvalue weighted by Crippen LogP contribution is -2.50. The average molecular weight is 340 g/mol. The monoisotopic (exact) mass is 340 g/mol. The number of methoxy groups -OCH3 is 1. The highest BCUT2D eigenvalue weighted by molar-refractivity contribution is 7.89. The molecular formula is C17H28N2O3S. The van der Waals surface area contributed by atoms with E-state index in [1.54, 1.807) is 16.4 Å². The number of hydrogen-bond donors (Lipinski definition) is 0. The van der Waals surface area contributed by atoms with E-state index >= 15 is 0 Å². The third-order valence-electron chi connectivity index (χ3n) is 3.97. The van der Waals surface area contributed by atoms with Crippen LogP contribution in [0.15, 0.2) is 23.1 Å². The highest BCUT2D eigenvalue weighted by Crippen LogP contribution is 2.28. The van der Waals surface area contributed by atoms with E-state index in [2.05, 4.69) is 25.7 Å². The van der Waals surface area contributed by atoms with Crippen molar-refractivity contribution in [3.63, 3.8) is 0 Å². The van der Waals surface area contributed by atoms with Gasteiger partial charge in [0.2, 0.25) is 10.0 Å². The predicted octanol–water partition coefficient (Wildman–Crippen LogP) is 2.36. The molecular weight excluding hydrogens is 312 g/mol. The van der Waals surface area contributed by atoms with E-state index in [9.17, 15) is 8.42 Å². The maximum atomic E-state index is 12.9. The number of ether oxygens (including phenoxy) is 1. The van der Waals surface area contributed by atoms with E-state index in [0.29, 0.717) is 18.8 Å². The third-order valence-corrected chi connectivity index (χ3v) is 5.89. The summed E-state index contributed by atoms with van der Waals surface area (Å²) >= 11 is 0. The zero-order valence-corrected chi connectivity index (χ0v) is 15.6. The summed E-state index contributed by atoms with van der Waals surface area (Å²) in [6.07, 6.45) is 0. The molecule has 1 aromatic carbocycles. The Labute approximate surface area is 140 Å². The van der Waals surface area contributed by atoms with Crippen LogP contribution in [-0.2, 0) is 10.0 Å². The highest BCUT2D eigenvalue weighted by Gasteiger charge is 2.31. The first-order chi connectivity index (χ1) is 10.6. The lowest BCUT2D eigenvalue weighted by atomic mass is 9.96. The summed E-state index contributed by atoms with van der Waals surface area (Å²) < 4.78 is 32.7. The SMILES string of the molecule is COc1ccc(C)cc1S(=O)(=O)N1CCN(CC(C)(C)C)CC1. The molecule has 0 aliphatic carbocycles. The normalized spacial score (nSPS) is 18.1. The van der Waals surface area contributed by atoms with E-state index in [0.717, 1.165) is 25.2 Å². The van der Waals surface area contributed by atoms with Gasteiger partial charge in [-0.25, -0.2) is 8.42 Å². The average Bonchev–Trinajstić information content (AvgIpc) is 2.46. The van der Waals surface area contributed by atoms with Crippen molar-refractivity contribution < 1.29 is 13.2 Å². The van der Waals surface area contributed by atoms with Gasteiger partial charge in [0.1, 0.15) is 10.6 Å². The molecule has 5 nitrogen and oxygen atoms in total. The molecule has 0 atom stereocenters. The molecule has 1 aliphatic heterocycles. The van der Waals surface area contributed by atoms with Crippen LogP contribution in [0, 0.1) is 12.3 Å². The highest BCUT2D eigenvalue weighted by atomic mass is 32.2. The minimum absolute atomic E-state index is 0.223. The van der Waals surface area contributed by atoms with Crippen molar-refractivity contribution in [2.45, 2.75) is 32.6 Å². The van der Waals surface area contributed by atoms with Crippen molar-refractivity contribution >= 4 is 10.0 Å². The number of piperazine rings is 1. The van der Waals surface area contributed by atoms with Crippen molar-refractivity contribution in [2.24, 2.45) is 5.41 Å². The van der Waals surface area contributed by atoms with Gasteiger partial charge in [0.05, 0.1) is 7.11 Å². The van der Waals surface area contributed by atoms with Gasteiger partial charge in [0, 0.05) is 32.7 Å². The molecule has 0 N–H and O–H groups in total. The quantitative estimate of drug-likeness (QED) is 0.844. The fourth-order valence-electron chi connectivity index (χ4n) is 2.92. The Morgan fingerprint density at radius 2 is 1.74 bits per heavy atom. The van der Waals surface area contributed by atoms with E-state index in [-0.39, 0.29) is 10.3 Å². The minimum atomic E-state index is -3.51. The van der Waals surface area contributed by atoms with Gasteiger partial charge < -0.3 is 9.64 Å². The Morgan fingerprint density at radius 1 is 1.13 bits per heavy atom. The molecule has 0 saturated carbocycles. The van der Waals surface area contributed by atoms with Gasteiger partial charge in [0.25, 0.3) is 0 Å². The molecule has 1 heterocycles. The lowest BCUT2D eigenvalue weighted by Gasteiger charge is -2.37. The smallest absolute Gasteiger partial charge is 0.246 e. The van der Waals surface area contributed by atoms with Gasteiger partial charge in [-0.3, -0.25) is 0 Å². The topological polar surface area (TPSA) is 49.9 Å². The van der Waals surface area contributed by atoms with Crippen LogP contribution in [0.2, 0.25) is 0 Å². The largest absolute Gasteiger partial charge is 0.495 e. The zero-order chi connectivity index (χ0) is 17.3. The molecule has 1 saturated heterocycles. The van der Waals surface area contributed by atoms with Gasteiger partial charge in [-0.2, -0.15) is 4.31 Å². The van der Waals surface area contributed by atoms with Crippen LogP contribution < -0.4 is 4.74 Å². The summed E-state index contributed by atoms with van der Waals surface area (Å²) in [4.78, 5) is 2.60. The number of aryl methyl sites for hydroxylation is 1. The maximum Gasteiger partial charge on any atom is 0.246 e. The van der Waals surface area contributed by atoms with Crippen LogP contribution in [0.5, 0.6) is 5.75 Å². The summed E-state index contributed by atoms with van der Waals surface area (Å²) in [6.45, 7) is 12.1. The Morgan fingerprint density at radius 3 is 2.26 bits per heavy atom. The lowest BCUT2D eigenvalue weighted by molar-refractivity contribution is 0.141. The number of nitrogens with zero attached hydrogens (tertiary/aromatic N) is 2. The molecule has 0 aromatic heterocycles. The van der Waals surface area contributed by atoms with Gasteiger partial charge in [-0.05, 0) is 30.0 Å². The van der Waals surface area contributed by atoms with Crippen LogP contribution in [0.4, 0.5) is 0 Å². The van der Waals surface area contributed by atoms with Crippen LogP contribution in [0.1, 0.15) is 26.3 Å². The van der Waals surface area contributed by atoms with E-state index in [1.165, 1.54) is 7.11 Å². The van der Waals surface area contributed by atoms with Gasteiger partial charge in [-0.15, -0.1) is 0 Å². The third kappa shape index (κ3) is 4.46. The number of sulfonamides is 1. The fraction of sp³-hybridized carbons (Fsp3) is 0.647. The first-order valence-corrected chi connectivity index (χ1v) is 9.45. The molecule has 0 amide bonds. The molecule has 1 fully saturated rings. The molecule has 0 radical (unpaired) electrons. The van der Waals surface area contributed by atoms with Gasteiger partial charge in [-0.1, -0.05) is 26.8 Å². The van der Waals surface area contributed by atoms with Crippen molar-refractivity contribution in [1.82, 2.24) is 9.21 Å².